The summed E-state index contributed by atoms with van der Waals surface area (Å²) in [5.74, 6) is -1.80. The molecule has 0 unspecified atom stereocenters. The molecule has 6 aromatic rings. The van der Waals surface area contributed by atoms with E-state index in [4.69, 9.17) is 16.2 Å². The molecule has 0 bridgehead atoms. The van der Waals surface area contributed by atoms with Gasteiger partial charge in [-0.3, -0.25) is 9.97 Å². The van der Waals surface area contributed by atoms with E-state index >= 15 is 0 Å². The molecule has 0 spiro atoms. The second-order valence-electron chi connectivity index (χ2n) is 12.0. The molecule has 0 atom stereocenters. The number of benzene rings is 2. The summed E-state index contributed by atoms with van der Waals surface area (Å²) in [6.07, 6.45) is 9.58. The van der Waals surface area contributed by atoms with Crippen LogP contribution in [0.1, 0.15) is 18.4 Å². The molecule has 52 heavy (non-hydrogen) atoms. The Kier molecular flexibility index (Phi) is 10.4. The van der Waals surface area contributed by atoms with Gasteiger partial charge in [0.15, 0.2) is 0 Å². The molecule has 5 heterocycles. The number of methoxy groups -OCH3 is 1. The van der Waals surface area contributed by atoms with Crippen molar-refractivity contribution in [1.82, 2.24) is 34.2 Å². The first kappa shape index (κ1) is 35.9. The van der Waals surface area contributed by atoms with Crippen molar-refractivity contribution < 1.29 is 21.9 Å². The first-order chi connectivity index (χ1) is 24.9. The summed E-state index contributed by atoms with van der Waals surface area (Å²) in [5.41, 5.74) is 17.7. The highest BCUT2D eigenvalue weighted by molar-refractivity contribution is 7.89. The Labute approximate surface area is 299 Å². The van der Waals surface area contributed by atoms with Gasteiger partial charge in [-0.15, -0.1) is 0 Å². The van der Waals surface area contributed by atoms with Crippen molar-refractivity contribution in [1.29, 1.82) is 0 Å². The van der Waals surface area contributed by atoms with Gasteiger partial charge < -0.3 is 16.2 Å². The number of nitrogens with two attached hydrogens (primary N) is 2. The van der Waals surface area contributed by atoms with Crippen LogP contribution >= 0.6 is 0 Å². The Morgan fingerprint density at radius 1 is 0.712 bits per heavy atom. The first-order valence-corrected chi connectivity index (χ1v) is 17.6. The van der Waals surface area contributed by atoms with Crippen molar-refractivity contribution in [3.8, 4) is 50.5 Å². The Hall–Kier alpha value is -5.93. The third-order valence-electron chi connectivity index (χ3n) is 8.30. The zero-order valence-corrected chi connectivity index (χ0v) is 29.1. The topological polar surface area (TPSA) is 176 Å². The van der Waals surface area contributed by atoms with Crippen molar-refractivity contribution in [3.63, 3.8) is 0 Å². The van der Waals surface area contributed by atoms with Gasteiger partial charge in [-0.25, -0.2) is 37.1 Å². The van der Waals surface area contributed by atoms with Gasteiger partial charge in [-0.05, 0) is 37.6 Å². The number of piperidine rings is 1. The quantitative estimate of drug-likeness (QED) is 0.189. The third-order valence-corrected chi connectivity index (χ3v) is 10.2. The molecule has 2 aromatic carbocycles. The molecular formula is C37H35F2N9O3S. The Bertz CT molecular complexity index is 2260. The van der Waals surface area contributed by atoms with Crippen LogP contribution in [0.15, 0.2) is 109 Å². The smallest absolute Gasteiger partial charge is 0.261 e. The predicted molar refractivity (Wildman–Crippen MR) is 194 cm³/mol. The van der Waals surface area contributed by atoms with Gasteiger partial charge in [0.05, 0.1) is 29.9 Å². The van der Waals surface area contributed by atoms with Gasteiger partial charge in [0.25, 0.3) is 5.92 Å². The zero-order valence-electron chi connectivity index (χ0n) is 28.3. The second-order valence-corrected chi connectivity index (χ2v) is 13.9. The standard InChI is InChI=1S/C21H21F2N5O2S.C16H14N4O/c1-14-3-6-19(31(29,30)28-8-2-7-21(22,23)13-28)17(9-14)15-4-5-18(25-10-15)16-11-26-20(24)27-12-16;1-21-15-5-3-2-4-13(15)11-6-7-14(18-8-11)12-9-19-16(17)20-10-12/h3-6,9-12H,2,7-8,13H2,1H3,(H2,24,26,27);2-10H,1H3,(H2,17,19,20). The fourth-order valence-electron chi connectivity index (χ4n) is 5.64. The lowest BCUT2D eigenvalue weighted by atomic mass is 10.0. The summed E-state index contributed by atoms with van der Waals surface area (Å²) >= 11 is 0. The van der Waals surface area contributed by atoms with Gasteiger partial charge >= 0.3 is 0 Å². The largest absolute Gasteiger partial charge is 0.496 e. The van der Waals surface area contributed by atoms with Crippen LogP contribution in [0.5, 0.6) is 5.75 Å². The van der Waals surface area contributed by atoms with Gasteiger partial charge in [0, 0.05) is 83.5 Å². The molecule has 4 N–H and O–H groups in total. The summed E-state index contributed by atoms with van der Waals surface area (Å²) in [6, 6.07) is 20.1. The summed E-state index contributed by atoms with van der Waals surface area (Å²) in [5, 5.41) is 0. The van der Waals surface area contributed by atoms with E-state index in [1.54, 1.807) is 62.4 Å². The number of ether oxygens (including phenoxy) is 1. The molecule has 15 heteroatoms. The number of halogens is 2. The number of alkyl halides is 2. The van der Waals surface area contributed by atoms with Crippen molar-refractivity contribution in [2.45, 2.75) is 30.6 Å². The summed E-state index contributed by atoms with van der Waals surface area (Å²) < 4.78 is 60.5. The summed E-state index contributed by atoms with van der Waals surface area (Å²) in [7, 11) is -2.44. The van der Waals surface area contributed by atoms with Crippen LogP contribution in [0, 0.1) is 6.92 Å². The maximum absolute atomic E-state index is 13.9. The molecule has 0 amide bonds. The Balaban J connectivity index is 0.000000192. The lowest BCUT2D eigenvalue weighted by Gasteiger charge is -2.32. The number of hydrogen-bond donors (Lipinski definition) is 2. The number of nitrogens with zero attached hydrogens (tertiary/aromatic N) is 7. The van der Waals surface area contributed by atoms with Crippen LogP contribution in [-0.4, -0.2) is 68.7 Å². The number of nitrogen functional groups attached to an aromatic ring is 2. The summed E-state index contributed by atoms with van der Waals surface area (Å²) in [6.45, 7) is 1.10. The minimum Gasteiger partial charge on any atom is -0.496 e. The molecule has 1 aliphatic heterocycles. The van der Waals surface area contributed by atoms with E-state index in [-0.39, 0.29) is 36.2 Å². The number of para-hydroxylation sites is 1. The second kappa shape index (κ2) is 15.1. The van der Waals surface area contributed by atoms with E-state index in [1.807, 2.05) is 49.5 Å². The van der Waals surface area contributed by atoms with Crippen LogP contribution < -0.4 is 16.2 Å². The molecule has 0 saturated carbocycles. The van der Waals surface area contributed by atoms with E-state index in [9.17, 15) is 17.2 Å². The lowest BCUT2D eigenvalue weighted by Crippen LogP contribution is -2.45. The third kappa shape index (κ3) is 8.16. The number of pyridine rings is 2. The molecule has 266 valence electrons. The highest BCUT2D eigenvalue weighted by Crippen LogP contribution is 2.35. The highest BCUT2D eigenvalue weighted by atomic mass is 32.2. The van der Waals surface area contributed by atoms with Gasteiger partial charge in [-0.1, -0.05) is 48.0 Å². The van der Waals surface area contributed by atoms with Crippen molar-refractivity contribution in [2.24, 2.45) is 0 Å². The van der Waals surface area contributed by atoms with Crippen LogP contribution in [0.3, 0.4) is 0 Å². The molecule has 12 nitrogen and oxygen atoms in total. The van der Waals surface area contributed by atoms with E-state index in [1.165, 1.54) is 6.07 Å². The van der Waals surface area contributed by atoms with Gasteiger partial charge in [-0.2, -0.15) is 4.31 Å². The van der Waals surface area contributed by atoms with Crippen molar-refractivity contribution in [3.05, 3.63) is 109 Å². The number of anilines is 2. The molecule has 7 rings (SSSR count). The zero-order chi connectivity index (χ0) is 36.9. The molecule has 4 aromatic heterocycles. The minimum atomic E-state index is -4.10. The fourth-order valence-corrected chi connectivity index (χ4v) is 7.34. The number of hydrogen-bond acceptors (Lipinski definition) is 11. The van der Waals surface area contributed by atoms with Crippen molar-refractivity contribution >= 4 is 21.9 Å². The number of rotatable bonds is 7. The molecule has 1 fully saturated rings. The van der Waals surface area contributed by atoms with Crippen LogP contribution in [0.25, 0.3) is 44.8 Å². The average Bonchev–Trinajstić information content (AvgIpc) is 3.15. The number of aryl methyl sites for hydroxylation is 1. The van der Waals surface area contributed by atoms with E-state index in [0.29, 0.717) is 22.4 Å². The molecule has 0 aliphatic carbocycles. The summed E-state index contributed by atoms with van der Waals surface area (Å²) in [4.78, 5) is 24.7. The fraction of sp³-hybridized carbons (Fsp3) is 0.189. The Morgan fingerprint density at radius 3 is 1.77 bits per heavy atom. The Morgan fingerprint density at radius 2 is 1.25 bits per heavy atom. The normalized spacial score (nSPS) is 14.2. The number of sulfonamides is 1. The maximum Gasteiger partial charge on any atom is 0.261 e. The average molecular weight is 724 g/mol. The molecular weight excluding hydrogens is 689 g/mol. The van der Waals surface area contributed by atoms with Crippen molar-refractivity contribution in [2.75, 3.05) is 31.7 Å². The monoisotopic (exact) mass is 723 g/mol. The first-order valence-electron chi connectivity index (χ1n) is 16.1. The van der Waals surface area contributed by atoms with Crippen LogP contribution in [0.2, 0.25) is 0 Å². The minimum absolute atomic E-state index is 0.0128. The van der Waals surface area contributed by atoms with Crippen LogP contribution in [-0.2, 0) is 10.0 Å². The maximum atomic E-state index is 13.9. The van der Waals surface area contributed by atoms with Gasteiger partial charge in [0.2, 0.25) is 21.9 Å². The number of aromatic nitrogens is 6. The highest BCUT2D eigenvalue weighted by Gasteiger charge is 2.41. The predicted octanol–water partition coefficient (Wildman–Crippen LogP) is 6.31. The van der Waals surface area contributed by atoms with E-state index in [0.717, 1.165) is 38.0 Å². The van der Waals surface area contributed by atoms with Gasteiger partial charge in [0.1, 0.15) is 5.75 Å². The lowest BCUT2D eigenvalue weighted by molar-refractivity contribution is -0.0434. The molecule has 1 saturated heterocycles. The SMILES string of the molecule is COc1ccccc1-c1ccc(-c2cnc(N)nc2)nc1.Cc1ccc(S(=O)(=O)N2CCCC(F)(F)C2)c(-c2ccc(-c3cnc(N)nc3)nc2)c1. The van der Waals surface area contributed by atoms with E-state index < -0.39 is 22.5 Å². The van der Waals surface area contributed by atoms with E-state index in [2.05, 4.69) is 29.9 Å². The molecule has 1 aliphatic rings. The van der Waals surface area contributed by atoms with Crippen LogP contribution in [0.4, 0.5) is 20.7 Å². The molecule has 0 radical (unpaired) electrons.